The summed E-state index contributed by atoms with van der Waals surface area (Å²) in [6.45, 7) is 0.154. The summed E-state index contributed by atoms with van der Waals surface area (Å²) >= 11 is 4.88. The van der Waals surface area contributed by atoms with Crippen LogP contribution in [0.2, 0.25) is 0 Å². The van der Waals surface area contributed by atoms with Crippen molar-refractivity contribution in [1.82, 2.24) is 14.3 Å². The first-order chi connectivity index (χ1) is 9.87. The molecule has 2 rings (SSSR count). The lowest BCUT2D eigenvalue weighted by atomic mass is 10.1. The average molecular weight is 324 g/mol. The Morgan fingerprint density at radius 1 is 1.48 bits per heavy atom. The van der Waals surface area contributed by atoms with Gasteiger partial charge in [0.05, 0.1) is 12.3 Å². The van der Waals surface area contributed by atoms with Gasteiger partial charge in [0, 0.05) is 25.0 Å². The molecule has 1 aromatic heterocycles. The lowest BCUT2D eigenvalue weighted by molar-refractivity contribution is 0.576. The Bertz CT molecular complexity index is 753. The average Bonchev–Trinajstić information content (AvgIpc) is 2.82. The van der Waals surface area contributed by atoms with E-state index in [1.54, 1.807) is 41.2 Å². The molecule has 0 spiro atoms. The Balaban J connectivity index is 2.05. The number of aryl methyl sites for hydroxylation is 1. The fraction of sp³-hybridized carbons (Fsp3) is 0.231. The minimum absolute atomic E-state index is 0.131. The monoisotopic (exact) mass is 324 g/mol. The predicted octanol–water partition coefficient (Wildman–Crippen LogP) is 0.674. The van der Waals surface area contributed by atoms with Crippen molar-refractivity contribution >= 4 is 27.2 Å². The van der Waals surface area contributed by atoms with Crippen LogP contribution in [0.1, 0.15) is 17.0 Å². The number of imidazole rings is 1. The third-order valence-electron chi connectivity index (χ3n) is 2.94. The highest BCUT2D eigenvalue weighted by Crippen LogP contribution is 2.09. The second-order valence-corrected chi connectivity index (χ2v) is 6.85. The Morgan fingerprint density at radius 3 is 2.86 bits per heavy atom. The van der Waals surface area contributed by atoms with Crippen LogP contribution in [0, 0.1) is 0 Å². The third kappa shape index (κ3) is 4.35. The van der Waals surface area contributed by atoms with E-state index >= 15 is 0 Å². The van der Waals surface area contributed by atoms with Crippen LogP contribution in [0.3, 0.4) is 0 Å². The molecule has 0 unspecified atom stereocenters. The fourth-order valence-corrected chi connectivity index (χ4v) is 3.02. The SMILES string of the molecule is Cn1ccnc1CNS(=O)(=O)Cc1cccc(C(N)=S)c1. The molecule has 0 saturated carbocycles. The highest BCUT2D eigenvalue weighted by molar-refractivity contribution is 7.88. The number of nitrogens with zero attached hydrogens (tertiary/aromatic N) is 2. The lowest BCUT2D eigenvalue weighted by Gasteiger charge is -2.08. The van der Waals surface area contributed by atoms with E-state index in [1.165, 1.54) is 0 Å². The fourth-order valence-electron chi connectivity index (χ4n) is 1.83. The minimum Gasteiger partial charge on any atom is -0.389 e. The summed E-state index contributed by atoms with van der Waals surface area (Å²) in [6.07, 6.45) is 3.38. The third-order valence-corrected chi connectivity index (χ3v) is 4.47. The maximum Gasteiger partial charge on any atom is 0.216 e. The Hall–Kier alpha value is -1.77. The van der Waals surface area contributed by atoms with Crippen LogP contribution in [0.15, 0.2) is 36.7 Å². The van der Waals surface area contributed by atoms with Crippen LogP contribution in [-0.4, -0.2) is 23.0 Å². The van der Waals surface area contributed by atoms with Crippen molar-refractivity contribution in [2.24, 2.45) is 12.8 Å². The first kappa shape index (κ1) is 15.6. The smallest absolute Gasteiger partial charge is 0.216 e. The molecule has 0 aliphatic heterocycles. The van der Waals surface area contributed by atoms with Crippen molar-refractivity contribution in [3.05, 3.63) is 53.6 Å². The topological polar surface area (TPSA) is 90.0 Å². The van der Waals surface area contributed by atoms with E-state index in [1.807, 2.05) is 7.05 Å². The number of nitrogens with one attached hydrogen (secondary N) is 1. The maximum atomic E-state index is 12.1. The first-order valence-electron chi connectivity index (χ1n) is 6.20. The molecule has 2 aromatic rings. The van der Waals surface area contributed by atoms with Crippen molar-refractivity contribution in [1.29, 1.82) is 0 Å². The van der Waals surface area contributed by atoms with Crippen LogP contribution in [0.25, 0.3) is 0 Å². The molecule has 0 atom stereocenters. The molecule has 3 N–H and O–H groups in total. The van der Waals surface area contributed by atoms with Crippen LogP contribution in [0.5, 0.6) is 0 Å². The summed E-state index contributed by atoms with van der Waals surface area (Å²) in [5.41, 5.74) is 6.83. The molecule has 1 aromatic carbocycles. The van der Waals surface area contributed by atoms with Crippen LogP contribution >= 0.6 is 12.2 Å². The summed E-state index contributed by atoms with van der Waals surface area (Å²) in [6, 6.07) is 6.89. The Morgan fingerprint density at radius 2 is 2.24 bits per heavy atom. The molecule has 8 heteroatoms. The molecule has 21 heavy (non-hydrogen) atoms. The Labute approximate surface area is 129 Å². The number of benzene rings is 1. The van der Waals surface area contributed by atoms with Gasteiger partial charge in [-0.1, -0.05) is 30.4 Å². The lowest BCUT2D eigenvalue weighted by Crippen LogP contribution is -2.26. The van der Waals surface area contributed by atoms with E-state index in [0.717, 1.165) is 0 Å². The molecule has 0 radical (unpaired) electrons. The molecule has 0 aliphatic carbocycles. The predicted molar refractivity (Wildman–Crippen MR) is 85.0 cm³/mol. The van der Waals surface area contributed by atoms with Crippen LogP contribution in [-0.2, 0) is 29.4 Å². The maximum absolute atomic E-state index is 12.1. The number of thiocarbonyl (C=S) groups is 1. The van der Waals surface area contributed by atoms with Gasteiger partial charge in [0.2, 0.25) is 10.0 Å². The summed E-state index contributed by atoms with van der Waals surface area (Å²) in [7, 11) is -1.65. The van der Waals surface area contributed by atoms with E-state index in [9.17, 15) is 8.42 Å². The zero-order chi connectivity index (χ0) is 15.5. The van der Waals surface area contributed by atoms with Crippen LogP contribution in [0.4, 0.5) is 0 Å². The minimum atomic E-state index is -3.46. The molecular weight excluding hydrogens is 308 g/mol. The van der Waals surface area contributed by atoms with Crippen molar-refractivity contribution in [2.75, 3.05) is 0 Å². The quantitative estimate of drug-likeness (QED) is 0.763. The van der Waals surface area contributed by atoms with Gasteiger partial charge in [-0.25, -0.2) is 18.1 Å². The standard InChI is InChI=1S/C13H16N4O2S2/c1-17-6-5-15-12(17)8-16-21(18,19)9-10-3-2-4-11(7-10)13(14)20/h2-7,16H,8-9H2,1H3,(H2,14,20). The van der Waals surface area contributed by atoms with Gasteiger partial charge < -0.3 is 10.3 Å². The van der Waals surface area contributed by atoms with Gasteiger partial charge in [0.15, 0.2) is 0 Å². The highest BCUT2D eigenvalue weighted by atomic mass is 32.2. The van der Waals surface area contributed by atoms with Gasteiger partial charge in [-0.15, -0.1) is 0 Å². The Kier molecular flexibility index (Phi) is 4.71. The second kappa shape index (κ2) is 6.33. The van der Waals surface area contributed by atoms with E-state index in [-0.39, 0.29) is 17.3 Å². The summed E-state index contributed by atoms with van der Waals surface area (Å²) in [4.78, 5) is 4.31. The largest absolute Gasteiger partial charge is 0.389 e. The number of hydrogen-bond acceptors (Lipinski definition) is 4. The van der Waals surface area contributed by atoms with Crippen molar-refractivity contribution in [2.45, 2.75) is 12.3 Å². The molecular formula is C13H16N4O2S2. The van der Waals surface area contributed by atoms with E-state index < -0.39 is 10.0 Å². The van der Waals surface area contributed by atoms with E-state index in [0.29, 0.717) is 17.0 Å². The van der Waals surface area contributed by atoms with Crippen molar-refractivity contribution in [3.8, 4) is 0 Å². The van der Waals surface area contributed by atoms with E-state index in [2.05, 4.69) is 9.71 Å². The normalized spacial score (nSPS) is 11.5. The highest BCUT2D eigenvalue weighted by Gasteiger charge is 2.13. The number of hydrogen-bond donors (Lipinski definition) is 2. The van der Waals surface area contributed by atoms with Gasteiger partial charge in [-0.05, 0) is 11.6 Å². The summed E-state index contributed by atoms with van der Waals surface area (Å²) in [5.74, 6) is 0.518. The van der Waals surface area contributed by atoms with Crippen molar-refractivity contribution in [3.63, 3.8) is 0 Å². The molecule has 0 saturated heterocycles. The summed E-state index contributed by atoms with van der Waals surface area (Å²) in [5, 5.41) is 0. The number of sulfonamides is 1. The van der Waals surface area contributed by atoms with Gasteiger partial charge in [0.1, 0.15) is 10.8 Å². The van der Waals surface area contributed by atoms with Gasteiger partial charge in [-0.3, -0.25) is 0 Å². The molecule has 0 amide bonds. The van der Waals surface area contributed by atoms with Gasteiger partial charge in [0.25, 0.3) is 0 Å². The second-order valence-electron chi connectivity index (χ2n) is 4.60. The van der Waals surface area contributed by atoms with E-state index in [4.69, 9.17) is 18.0 Å². The molecule has 112 valence electrons. The molecule has 0 bridgehead atoms. The first-order valence-corrected chi connectivity index (χ1v) is 8.26. The molecule has 0 aliphatic rings. The molecule has 6 nitrogen and oxygen atoms in total. The number of aromatic nitrogens is 2. The van der Waals surface area contributed by atoms with Gasteiger partial charge in [-0.2, -0.15) is 0 Å². The molecule has 0 fully saturated rings. The van der Waals surface area contributed by atoms with Crippen LogP contribution < -0.4 is 10.5 Å². The van der Waals surface area contributed by atoms with Crippen molar-refractivity contribution < 1.29 is 8.42 Å². The summed E-state index contributed by atoms with van der Waals surface area (Å²) < 4.78 is 28.4. The van der Waals surface area contributed by atoms with Gasteiger partial charge >= 0.3 is 0 Å². The zero-order valence-electron chi connectivity index (χ0n) is 11.5. The zero-order valence-corrected chi connectivity index (χ0v) is 13.1. The molecule has 1 heterocycles. The number of rotatable bonds is 6. The number of nitrogens with two attached hydrogens (primary N) is 1.